The van der Waals surface area contributed by atoms with Crippen molar-refractivity contribution in [3.8, 4) is 0 Å². The van der Waals surface area contributed by atoms with Crippen LogP contribution in [-0.2, 0) is 51.7 Å². The summed E-state index contributed by atoms with van der Waals surface area (Å²) in [6.07, 6.45) is 20.0. The van der Waals surface area contributed by atoms with Crippen molar-refractivity contribution < 1.29 is 76.5 Å². The summed E-state index contributed by atoms with van der Waals surface area (Å²) in [6.45, 7) is 12.5. The molecule has 0 bridgehead atoms. The van der Waals surface area contributed by atoms with Crippen molar-refractivity contribution in [3.63, 3.8) is 0 Å². The fourth-order valence-electron chi connectivity index (χ4n) is 1.83. The van der Waals surface area contributed by atoms with E-state index >= 15 is 0 Å². The minimum absolute atomic E-state index is 0. The molecular formula is C28H38Cl2Hf2N2Si2-6. The Labute approximate surface area is 277 Å². The number of benzene rings is 2. The Morgan fingerprint density at radius 1 is 0.611 bits per heavy atom. The number of rotatable bonds is 0. The Hall–Kier alpha value is -0.246. The van der Waals surface area contributed by atoms with Crippen molar-refractivity contribution in [2.24, 2.45) is 0 Å². The second-order valence-corrected chi connectivity index (χ2v) is 8.64. The average Bonchev–Trinajstić information content (AvgIpc) is 3.53. The Balaban J connectivity index is -0.0000000761. The molecule has 2 nitrogen and oxygen atoms in total. The number of hydrogen-bond donors (Lipinski definition) is 0. The zero-order valence-corrected chi connectivity index (χ0v) is 33.0. The molecule has 2 aliphatic carbocycles. The first-order valence-corrected chi connectivity index (χ1v) is 14.6. The van der Waals surface area contributed by atoms with Crippen LogP contribution in [0.25, 0.3) is 11.5 Å². The van der Waals surface area contributed by atoms with Crippen LogP contribution >= 0.6 is 0 Å². The first-order chi connectivity index (χ1) is 15.4. The van der Waals surface area contributed by atoms with Crippen molar-refractivity contribution >= 4 is 30.4 Å². The number of halogens is 2. The second-order valence-electron chi connectivity index (χ2n) is 6.64. The minimum atomic E-state index is 0. The molecule has 196 valence electrons. The maximum atomic E-state index is 7.22. The SMILES string of the molecule is C[Si]C.C[Si]C.Cc1ccccc1[NH-].Cc1ccccc1[NH-].[C-]1=CC=CC1.[C-]1=CC=CC1.[Cl-].[Cl-].[Hf].[Hf]. The summed E-state index contributed by atoms with van der Waals surface area (Å²) in [6, 6.07) is 15.1. The Kier molecular flexibility index (Phi) is 53.2. The Bertz CT molecular complexity index is 686. The van der Waals surface area contributed by atoms with Crippen molar-refractivity contribution in [3.05, 3.63) is 120 Å². The third kappa shape index (κ3) is 35.9. The fraction of sp³-hybridized carbons (Fsp3) is 0.286. The maximum absolute atomic E-state index is 7.22. The quantitative estimate of drug-likeness (QED) is 0.288. The number of nitrogens with one attached hydrogen (secondary N) is 2. The van der Waals surface area contributed by atoms with Gasteiger partial charge in [0.15, 0.2) is 0 Å². The van der Waals surface area contributed by atoms with Crippen LogP contribution in [0.1, 0.15) is 24.0 Å². The summed E-state index contributed by atoms with van der Waals surface area (Å²) in [4.78, 5) is 0. The summed E-state index contributed by atoms with van der Waals surface area (Å²) < 4.78 is 0. The van der Waals surface area contributed by atoms with Crippen LogP contribution in [0.4, 0.5) is 11.4 Å². The smallest absolute Gasteiger partial charge is 0.0307 e. The van der Waals surface area contributed by atoms with Crippen LogP contribution in [0.2, 0.25) is 26.2 Å². The van der Waals surface area contributed by atoms with Gasteiger partial charge in [0.25, 0.3) is 0 Å². The van der Waals surface area contributed by atoms with Gasteiger partial charge < -0.3 is 36.3 Å². The summed E-state index contributed by atoms with van der Waals surface area (Å²) in [7, 11) is 2.17. The number of allylic oxidation sites excluding steroid dienone is 8. The molecule has 0 fully saturated rings. The molecule has 0 amide bonds. The molecule has 4 rings (SSSR count). The first kappa shape index (κ1) is 48.8. The average molecular weight is 887 g/mol. The monoisotopic (exact) mass is 888 g/mol. The zero-order valence-electron chi connectivity index (χ0n) is 22.3. The molecule has 0 saturated carbocycles. The Morgan fingerprint density at radius 3 is 1.00 bits per heavy atom. The molecule has 8 heteroatoms. The van der Waals surface area contributed by atoms with Gasteiger partial charge in [0.05, 0.1) is 0 Å². The van der Waals surface area contributed by atoms with E-state index in [-0.39, 0.29) is 76.5 Å². The van der Waals surface area contributed by atoms with E-state index < -0.39 is 0 Å². The van der Waals surface area contributed by atoms with Gasteiger partial charge in [-0.3, -0.25) is 12.2 Å². The van der Waals surface area contributed by atoms with E-state index in [9.17, 15) is 0 Å². The van der Waals surface area contributed by atoms with Crippen LogP contribution in [0.15, 0.2) is 85.0 Å². The predicted octanol–water partition coefficient (Wildman–Crippen LogP) is 3.55. The summed E-state index contributed by atoms with van der Waals surface area (Å²) in [5.41, 5.74) is 17.7. The first-order valence-electron chi connectivity index (χ1n) is 10.6. The van der Waals surface area contributed by atoms with Crippen molar-refractivity contribution in [2.45, 2.75) is 52.9 Å². The molecular weight excluding hydrogens is 848 g/mol. The summed E-state index contributed by atoms with van der Waals surface area (Å²) >= 11 is 0. The van der Waals surface area contributed by atoms with Gasteiger partial charge in [0.2, 0.25) is 0 Å². The van der Waals surface area contributed by atoms with Crippen LogP contribution in [0, 0.1) is 26.0 Å². The van der Waals surface area contributed by atoms with Gasteiger partial charge in [-0.1, -0.05) is 85.8 Å². The van der Waals surface area contributed by atoms with E-state index in [0.717, 1.165) is 43.0 Å². The van der Waals surface area contributed by atoms with Crippen molar-refractivity contribution in [2.75, 3.05) is 0 Å². The van der Waals surface area contributed by atoms with Crippen molar-refractivity contribution in [1.82, 2.24) is 0 Å². The van der Waals surface area contributed by atoms with Gasteiger partial charge in [0.1, 0.15) is 0 Å². The molecule has 0 spiro atoms. The molecule has 36 heavy (non-hydrogen) atoms. The van der Waals surface area contributed by atoms with Gasteiger partial charge in [-0.15, -0.1) is 24.2 Å². The molecule has 2 aliphatic rings. The van der Waals surface area contributed by atoms with Crippen LogP contribution in [0.5, 0.6) is 0 Å². The van der Waals surface area contributed by atoms with Crippen molar-refractivity contribution in [1.29, 1.82) is 0 Å². The predicted molar refractivity (Wildman–Crippen MR) is 148 cm³/mol. The van der Waals surface area contributed by atoms with Gasteiger partial charge in [-0.25, -0.2) is 24.3 Å². The molecule has 2 aromatic carbocycles. The summed E-state index contributed by atoms with van der Waals surface area (Å²) in [5.74, 6) is 0. The second kappa shape index (κ2) is 39.3. The molecule has 2 N–H and O–H groups in total. The van der Waals surface area contributed by atoms with Crippen LogP contribution < -0.4 is 24.8 Å². The van der Waals surface area contributed by atoms with Crippen LogP contribution in [-0.4, -0.2) is 19.0 Å². The van der Waals surface area contributed by atoms with E-state index in [1.807, 2.05) is 74.5 Å². The summed E-state index contributed by atoms with van der Waals surface area (Å²) in [5, 5.41) is 0. The minimum Gasteiger partial charge on any atom is -1.00 e. The molecule has 0 saturated heterocycles. The van der Waals surface area contributed by atoms with E-state index in [2.05, 4.69) is 50.5 Å². The maximum Gasteiger partial charge on any atom is 0.0307 e. The zero-order chi connectivity index (χ0) is 24.5. The standard InChI is InChI=1S/2C7H8N.2C5H5.2C2H6Si.2ClH.2Hf/c2*1-6-4-2-3-5-7(6)8;2*1-2-4-5-3-1;2*1-3-2;;;;/h2*2-5,8H,1H3;2*1-3H,4H2;2*1-2H3;2*1H;;/q4*-1;;;;;;/p-2. The van der Waals surface area contributed by atoms with E-state index in [4.69, 9.17) is 11.5 Å². The van der Waals surface area contributed by atoms with Crippen LogP contribution in [0.3, 0.4) is 0 Å². The number of hydrogen-bond acceptors (Lipinski definition) is 0. The fourth-order valence-corrected chi connectivity index (χ4v) is 1.83. The molecule has 0 aliphatic heterocycles. The van der Waals surface area contributed by atoms with Gasteiger partial charge in [0, 0.05) is 70.7 Å². The van der Waals surface area contributed by atoms with Gasteiger partial charge >= 0.3 is 0 Å². The molecule has 2 aromatic rings. The molecule has 0 heterocycles. The van der Waals surface area contributed by atoms with Gasteiger partial charge in [-0.2, -0.15) is 12.2 Å². The third-order valence-corrected chi connectivity index (χ3v) is 3.46. The normalized spacial score (nSPS) is 9.94. The van der Waals surface area contributed by atoms with E-state index in [0.29, 0.717) is 11.4 Å². The van der Waals surface area contributed by atoms with Gasteiger partial charge in [-0.05, 0) is 13.8 Å². The molecule has 0 unspecified atom stereocenters. The topological polar surface area (TPSA) is 47.6 Å². The molecule has 0 aromatic heterocycles. The van der Waals surface area contributed by atoms with E-state index in [1.54, 1.807) is 12.1 Å². The molecule has 0 atom stereocenters. The Morgan fingerprint density at radius 2 is 0.889 bits per heavy atom. The number of aryl methyl sites for hydroxylation is 2. The van der Waals surface area contributed by atoms with E-state index in [1.165, 1.54) is 0 Å². The largest absolute Gasteiger partial charge is 1.00 e. The molecule has 4 radical (unpaired) electrons. The third-order valence-electron chi connectivity index (χ3n) is 3.46.